The standard InChI is InChI=1S/C13H19NOSi/c1-13(11-14,15-16(2,3)4)10-12-8-6-5-7-9-12/h5-9H,10H2,1-4H3. The van der Waals surface area contributed by atoms with Crippen LogP contribution in [0.5, 0.6) is 0 Å². The second-order valence-corrected chi connectivity index (χ2v) is 9.65. The molecule has 0 saturated carbocycles. The van der Waals surface area contributed by atoms with Gasteiger partial charge in [0.2, 0.25) is 0 Å². The van der Waals surface area contributed by atoms with Crippen molar-refractivity contribution < 1.29 is 4.43 Å². The van der Waals surface area contributed by atoms with E-state index in [0.29, 0.717) is 6.42 Å². The highest BCUT2D eigenvalue weighted by molar-refractivity contribution is 6.69. The lowest BCUT2D eigenvalue weighted by atomic mass is 9.98. The van der Waals surface area contributed by atoms with Crippen LogP contribution in [0.4, 0.5) is 0 Å². The summed E-state index contributed by atoms with van der Waals surface area (Å²) in [4.78, 5) is 0. The van der Waals surface area contributed by atoms with E-state index < -0.39 is 13.9 Å². The summed E-state index contributed by atoms with van der Waals surface area (Å²) in [7, 11) is -1.69. The molecule has 0 radical (unpaired) electrons. The third-order valence-electron chi connectivity index (χ3n) is 2.15. The van der Waals surface area contributed by atoms with Gasteiger partial charge in [0.1, 0.15) is 5.60 Å². The quantitative estimate of drug-likeness (QED) is 0.747. The highest BCUT2D eigenvalue weighted by atomic mass is 28.4. The van der Waals surface area contributed by atoms with Gasteiger partial charge in [0.25, 0.3) is 0 Å². The van der Waals surface area contributed by atoms with Crippen molar-refractivity contribution in [2.24, 2.45) is 0 Å². The van der Waals surface area contributed by atoms with Crippen LogP contribution in [0.25, 0.3) is 0 Å². The number of rotatable bonds is 4. The van der Waals surface area contributed by atoms with Gasteiger partial charge in [-0.15, -0.1) is 0 Å². The molecule has 0 bridgehead atoms. The molecule has 16 heavy (non-hydrogen) atoms. The number of hydrogen-bond donors (Lipinski definition) is 0. The monoisotopic (exact) mass is 233 g/mol. The highest BCUT2D eigenvalue weighted by Gasteiger charge is 2.31. The van der Waals surface area contributed by atoms with E-state index in [0.717, 1.165) is 5.56 Å². The molecule has 0 amide bonds. The van der Waals surface area contributed by atoms with Crippen molar-refractivity contribution in [2.75, 3.05) is 0 Å². The van der Waals surface area contributed by atoms with Crippen LogP contribution in [0.1, 0.15) is 12.5 Å². The molecule has 0 saturated heterocycles. The predicted octanol–water partition coefficient (Wildman–Crippen LogP) is 3.36. The minimum Gasteiger partial charge on any atom is -0.400 e. The van der Waals surface area contributed by atoms with Crippen molar-refractivity contribution in [3.05, 3.63) is 35.9 Å². The first-order valence-corrected chi connectivity index (χ1v) is 8.91. The maximum absolute atomic E-state index is 9.26. The van der Waals surface area contributed by atoms with Gasteiger partial charge in [-0.1, -0.05) is 30.3 Å². The minimum absolute atomic E-state index is 0.647. The largest absolute Gasteiger partial charge is 0.400 e. The molecule has 1 unspecified atom stereocenters. The Morgan fingerprint density at radius 3 is 2.25 bits per heavy atom. The fourth-order valence-electron chi connectivity index (χ4n) is 1.76. The zero-order valence-corrected chi connectivity index (χ0v) is 11.4. The Kier molecular flexibility index (Phi) is 3.90. The van der Waals surface area contributed by atoms with Crippen LogP contribution in [0.2, 0.25) is 19.6 Å². The SMILES string of the molecule is CC(C#N)(Cc1ccccc1)O[Si](C)(C)C. The lowest BCUT2D eigenvalue weighted by molar-refractivity contribution is 0.141. The topological polar surface area (TPSA) is 33.0 Å². The average Bonchev–Trinajstić information content (AvgIpc) is 2.16. The third kappa shape index (κ3) is 4.17. The minimum atomic E-state index is -1.69. The highest BCUT2D eigenvalue weighted by Crippen LogP contribution is 2.21. The van der Waals surface area contributed by atoms with Gasteiger partial charge in [0, 0.05) is 6.42 Å². The van der Waals surface area contributed by atoms with Crippen molar-refractivity contribution in [3.8, 4) is 6.07 Å². The fourth-order valence-corrected chi connectivity index (χ4v) is 3.23. The average molecular weight is 233 g/mol. The van der Waals surface area contributed by atoms with Crippen molar-refractivity contribution in [1.29, 1.82) is 5.26 Å². The molecule has 0 spiro atoms. The van der Waals surface area contributed by atoms with Crippen LogP contribution >= 0.6 is 0 Å². The number of hydrogen-bond acceptors (Lipinski definition) is 2. The lowest BCUT2D eigenvalue weighted by Gasteiger charge is -2.30. The zero-order chi connectivity index (χ0) is 12.2. The van der Waals surface area contributed by atoms with E-state index in [9.17, 15) is 5.26 Å². The number of nitrogens with zero attached hydrogens (tertiary/aromatic N) is 1. The maximum atomic E-state index is 9.26. The molecule has 0 fully saturated rings. The first-order chi connectivity index (χ1) is 7.35. The van der Waals surface area contributed by atoms with Gasteiger partial charge in [-0.2, -0.15) is 5.26 Å². The van der Waals surface area contributed by atoms with E-state index in [1.807, 2.05) is 37.3 Å². The summed E-state index contributed by atoms with van der Waals surface area (Å²) in [5.74, 6) is 0. The van der Waals surface area contributed by atoms with E-state index in [4.69, 9.17) is 4.43 Å². The zero-order valence-electron chi connectivity index (χ0n) is 10.4. The Morgan fingerprint density at radius 2 is 1.81 bits per heavy atom. The summed E-state index contributed by atoms with van der Waals surface area (Å²) in [5.41, 5.74) is 0.441. The van der Waals surface area contributed by atoms with E-state index in [1.54, 1.807) is 0 Å². The number of benzene rings is 1. The molecule has 0 heterocycles. The molecule has 2 nitrogen and oxygen atoms in total. The molecule has 0 aromatic heterocycles. The Bertz CT molecular complexity index is 377. The van der Waals surface area contributed by atoms with E-state index in [2.05, 4.69) is 25.7 Å². The van der Waals surface area contributed by atoms with Crippen LogP contribution in [0.15, 0.2) is 30.3 Å². The van der Waals surface area contributed by atoms with Crippen molar-refractivity contribution in [2.45, 2.75) is 38.6 Å². The number of nitriles is 1. The predicted molar refractivity (Wildman–Crippen MR) is 68.6 cm³/mol. The molecule has 3 heteroatoms. The van der Waals surface area contributed by atoms with E-state index in [-0.39, 0.29) is 0 Å². The first kappa shape index (κ1) is 13.0. The van der Waals surface area contributed by atoms with Gasteiger partial charge in [0.05, 0.1) is 6.07 Å². The normalized spacial score (nSPS) is 15.2. The van der Waals surface area contributed by atoms with Crippen LogP contribution in [-0.4, -0.2) is 13.9 Å². The van der Waals surface area contributed by atoms with Gasteiger partial charge < -0.3 is 4.43 Å². The first-order valence-electron chi connectivity index (χ1n) is 5.50. The van der Waals surface area contributed by atoms with Crippen LogP contribution in [-0.2, 0) is 10.8 Å². The summed E-state index contributed by atoms with van der Waals surface area (Å²) in [6.45, 7) is 8.19. The molecule has 1 rings (SSSR count). The fraction of sp³-hybridized carbons (Fsp3) is 0.462. The molecule has 1 atom stereocenters. The van der Waals surface area contributed by atoms with Crippen molar-refractivity contribution in [1.82, 2.24) is 0 Å². The third-order valence-corrected chi connectivity index (χ3v) is 3.22. The van der Waals surface area contributed by atoms with E-state index in [1.165, 1.54) is 0 Å². The maximum Gasteiger partial charge on any atom is 0.185 e. The molecule has 1 aromatic carbocycles. The lowest BCUT2D eigenvalue weighted by Crippen LogP contribution is -2.41. The summed E-state index contributed by atoms with van der Waals surface area (Å²) in [6, 6.07) is 12.3. The van der Waals surface area contributed by atoms with Gasteiger partial charge in [-0.05, 0) is 32.1 Å². The molecular formula is C13H19NOSi. The Labute approximate surface area is 99.0 Å². The smallest absolute Gasteiger partial charge is 0.185 e. The summed E-state index contributed by atoms with van der Waals surface area (Å²) < 4.78 is 5.96. The van der Waals surface area contributed by atoms with Gasteiger partial charge in [0.15, 0.2) is 8.32 Å². The molecule has 1 aromatic rings. The molecule has 86 valence electrons. The summed E-state index contributed by atoms with van der Waals surface area (Å²) >= 11 is 0. The van der Waals surface area contributed by atoms with Crippen LogP contribution in [0.3, 0.4) is 0 Å². The van der Waals surface area contributed by atoms with Gasteiger partial charge in [-0.3, -0.25) is 0 Å². The molecule has 0 aliphatic heterocycles. The molecule has 0 aliphatic carbocycles. The van der Waals surface area contributed by atoms with Gasteiger partial charge >= 0.3 is 0 Å². The Morgan fingerprint density at radius 1 is 1.25 bits per heavy atom. The van der Waals surface area contributed by atoms with Crippen LogP contribution in [0, 0.1) is 11.3 Å². The van der Waals surface area contributed by atoms with E-state index >= 15 is 0 Å². The van der Waals surface area contributed by atoms with Crippen LogP contribution < -0.4 is 0 Å². The molecule has 0 aliphatic rings. The second-order valence-electron chi connectivity index (χ2n) is 5.22. The molecule has 0 N–H and O–H groups in total. The Balaban J connectivity index is 2.80. The van der Waals surface area contributed by atoms with Crippen molar-refractivity contribution in [3.63, 3.8) is 0 Å². The Hall–Kier alpha value is -1.11. The summed E-state index contributed by atoms with van der Waals surface area (Å²) in [6.07, 6.45) is 0.647. The summed E-state index contributed by atoms with van der Waals surface area (Å²) in [5, 5.41) is 9.26. The second kappa shape index (κ2) is 4.81. The van der Waals surface area contributed by atoms with Gasteiger partial charge in [-0.25, -0.2) is 0 Å². The van der Waals surface area contributed by atoms with Crippen molar-refractivity contribution >= 4 is 8.32 Å². The molecular weight excluding hydrogens is 214 g/mol.